The van der Waals surface area contributed by atoms with Crippen LogP contribution in [0, 0.1) is 0 Å². The second kappa shape index (κ2) is 5.79. The molecule has 6 nitrogen and oxygen atoms in total. The quantitative estimate of drug-likeness (QED) is 0.684. The summed E-state index contributed by atoms with van der Waals surface area (Å²) in [5.41, 5.74) is -0.866. The van der Waals surface area contributed by atoms with Crippen LogP contribution >= 0.6 is 0 Å². The van der Waals surface area contributed by atoms with Gasteiger partial charge in [0, 0.05) is 19.3 Å². The van der Waals surface area contributed by atoms with Crippen LogP contribution in [0.3, 0.4) is 0 Å². The van der Waals surface area contributed by atoms with Gasteiger partial charge in [-0.25, -0.2) is 9.78 Å². The predicted octanol–water partition coefficient (Wildman–Crippen LogP) is 0.504. The molecule has 0 saturated heterocycles. The number of carboxylic acid groups (broad SMARTS) is 1. The fourth-order valence-electron chi connectivity index (χ4n) is 1.73. The monoisotopic (exact) mass is 253 g/mol. The molecule has 100 valence electrons. The first-order valence-corrected chi connectivity index (χ1v) is 5.61. The summed E-state index contributed by atoms with van der Waals surface area (Å²) in [6, 6.07) is 3.03. The number of aromatic carboxylic acids is 1. The molecular formula is C12H19N3O3. The number of rotatable bonds is 6. The molecule has 3 N–H and O–H groups in total. The molecule has 0 aliphatic rings. The topological polar surface area (TPSA) is 85.7 Å². The third-order valence-electron chi connectivity index (χ3n) is 2.33. The van der Waals surface area contributed by atoms with Crippen molar-refractivity contribution >= 4 is 11.8 Å². The smallest absolute Gasteiger partial charge is 0.339 e. The minimum Gasteiger partial charge on any atom is -0.478 e. The van der Waals surface area contributed by atoms with Crippen LogP contribution in [0.25, 0.3) is 0 Å². The highest BCUT2D eigenvalue weighted by Gasteiger charge is 2.22. The first-order chi connectivity index (χ1) is 8.32. The maximum absolute atomic E-state index is 11.0. The lowest BCUT2D eigenvalue weighted by atomic mass is 10.1. The van der Waals surface area contributed by atoms with Crippen LogP contribution in [0.5, 0.6) is 0 Å². The molecule has 1 atom stereocenters. The van der Waals surface area contributed by atoms with Crippen LogP contribution < -0.4 is 5.32 Å². The highest BCUT2D eigenvalue weighted by molar-refractivity contribution is 5.92. The summed E-state index contributed by atoms with van der Waals surface area (Å²) in [6.07, 6.45) is 1.51. The second-order valence-electron chi connectivity index (χ2n) is 4.79. The zero-order valence-corrected chi connectivity index (χ0v) is 10.8. The summed E-state index contributed by atoms with van der Waals surface area (Å²) < 4.78 is 0. The van der Waals surface area contributed by atoms with E-state index in [0.717, 1.165) is 0 Å². The largest absolute Gasteiger partial charge is 0.478 e. The molecule has 0 aliphatic carbocycles. The van der Waals surface area contributed by atoms with E-state index >= 15 is 0 Å². The Kier molecular flexibility index (Phi) is 4.63. The molecule has 0 radical (unpaired) electrons. The normalized spacial score (nSPS) is 14.3. The van der Waals surface area contributed by atoms with E-state index in [-0.39, 0.29) is 17.9 Å². The van der Waals surface area contributed by atoms with E-state index in [9.17, 15) is 9.90 Å². The van der Waals surface area contributed by atoms with Crippen molar-refractivity contribution < 1.29 is 15.0 Å². The molecule has 0 aliphatic heterocycles. The summed E-state index contributed by atoms with van der Waals surface area (Å²) in [7, 11) is 3.72. The van der Waals surface area contributed by atoms with Crippen LogP contribution in [0.4, 0.5) is 5.82 Å². The highest BCUT2D eigenvalue weighted by Crippen LogP contribution is 2.13. The van der Waals surface area contributed by atoms with E-state index in [1.165, 1.54) is 12.3 Å². The molecule has 0 saturated carbocycles. The predicted molar refractivity (Wildman–Crippen MR) is 68.9 cm³/mol. The fraction of sp³-hybridized carbons (Fsp3) is 0.500. The average Bonchev–Trinajstić information content (AvgIpc) is 2.25. The number of carbonyl (C=O) groups is 1. The Balaban J connectivity index is 2.71. The average molecular weight is 253 g/mol. The van der Waals surface area contributed by atoms with Crippen molar-refractivity contribution in [1.29, 1.82) is 0 Å². The number of hydrogen-bond acceptors (Lipinski definition) is 5. The molecule has 1 rings (SSSR count). The summed E-state index contributed by atoms with van der Waals surface area (Å²) in [5.74, 6) is -0.776. The third kappa shape index (κ3) is 4.31. The molecule has 1 heterocycles. The molecular weight excluding hydrogens is 234 g/mol. The van der Waals surface area contributed by atoms with E-state index < -0.39 is 11.6 Å². The molecule has 1 unspecified atom stereocenters. The number of nitrogens with one attached hydrogen (secondary N) is 1. The summed E-state index contributed by atoms with van der Waals surface area (Å²) >= 11 is 0. The Labute approximate surface area is 106 Å². The van der Waals surface area contributed by atoms with Gasteiger partial charge in [0.2, 0.25) is 0 Å². The van der Waals surface area contributed by atoms with E-state index in [2.05, 4.69) is 10.3 Å². The van der Waals surface area contributed by atoms with Gasteiger partial charge in [-0.05, 0) is 33.2 Å². The lowest BCUT2D eigenvalue weighted by Crippen LogP contribution is -2.43. The van der Waals surface area contributed by atoms with Gasteiger partial charge in [-0.1, -0.05) is 0 Å². The number of aromatic nitrogens is 1. The van der Waals surface area contributed by atoms with Crippen LogP contribution in [-0.4, -0.2) is 58.9 Å². The summed E-state index contributed by atoms with van der Waals surface area (Å²) in [4.78, 5) is 16.8. The molecule has 0 aromatic carbocycles. The molecule has 0 spiro atoms. The van der Waals surface area contributed by atoms with Gasteiger partial charge in [0.1, 0.15) is 11.4 Å². The van der Waals surface area contributed by atoms with Crippen molar-refractivity contribution in [3.8, 4) is 0 Å². The van der Waals surface area contributed by atoms with Crippen molar-refractivity contribution in [3.63, 3.8) is 0 Å². The Morgan fingerprint density at radius 3 is 2.78 bits per heavy atom. The van der Waals surface area contributed by atoms with Gasteiger partial charge >= 0.3 is 5.97 Å². The minimum atomic E-state index is -1.04. The maximum atomic E-state index is 11.0. The van der Waals surface area contributed by atoms with Gasteiger partial charge in [-0.15, -0.1) is 0 Å². The van der Waals surface area contributed by atoms with Gasteiger partial charge in [0.05, 0.1) is 5.60 Å². The number of likely N-dealkylation sites (N-methyl/N-ethyl adjacent to an activating group) is 1. The lowest BCUT2D eigenvalue weighted by Gasteiger charge is -2.27. The minimum absolute atomic E-state index is 0.0955. The van der Waals surface area contributed by atoms with E-state index in [1.54, 1.807) is 13.0 Å². The Bertz CT molecular complexity index is 419. The molecule has 6 heteroatoms. The van der Waals surface area contributed by atoms with Crippen LogP contribution in [0.15, 0.2) is 18.3 Å². The SMILES string of the molecule is CN(C)CC(C)(O)CNc1ncccc1C(=O)O. The zero-order chi connectivity index (χ0) is 13.8. The Morgan fingerprint density at radius 1 is 1.56 bits per heavy atom. The van der Waals surface area contributed by atoms with Crippen LogP contribution in [0.2, 0.25) is 0 Å². The first-order valence-electron chi connectivity index (χ1n) is 5.61. The number of nitrogens with zero attached hydrogens (tertiary/aromatic N) is 2. The number of aliphatic hydroxyl groups is 1. The standard InChI is InChI=1S/C12H19N3O3/c1-12(18,8-15(2)3)7-14-10-9(11(16)17)5-4-6-13-10/h4-6,18H,7-8H2,1-3H3,(H,13,14)(H,16,17). The molecule has 0 bridgehead atoms. The Hall–Kier alpha value is -1.66. The van der Waals surface area contributed by atoms with Gasteiger partial charge in [0.15, 0.2) is 0 Å². The highest BCUT2D eigenvalue weighted by atomic mass is 16.4. The van der Waals surface area contributed by atoms with Gasteiger partial charge < -0.3 is 20.4 Å². The fourth-order valence-corrected chi connectivity index (χ4v) is 1.73. The number of hydrogen-bond donors (Lipinski definition) is 3. The number of pyridine rings is 1. The molecule has 18 heavy (non-hydrogen) atoms. The summed E-state index contributed by atoms with van der Waals surface area (Å²) in [5, 5.41) is 22.0. The van der Waals surface area contributed by atoms with Crippen molar-refractivity contribution in [2.45, 2.75) is 12.5 Å². The van der Waals surface area contributed by atoms with Crippen LogP contribution in [-0.2, 0) is 0 Å². The number of carboxylic acids is 1. The maximum Gasteiger partial charge on any atom is 0.339 e. The first kappa shape index (κ1) is 14.4. The number of anilines is 1. The molecule has 0 fully saturated rings. The van der Waals surface area contributed by atoms with Crippen LogP contribution in [0.1, 0.15) is 17.3 Å². The molecule has 0 amide bonds. The van der Waals surface area contributed by atoms with Gasteiger partial charge in [0.25, 0.3) is 0 Å². The van der Waals surface area contributed by atoms with Crippen molar-refractivity contribution in [2.24, 2.45) is 0 Å². The van der Waals surface area contributed by atoms with E-state index in [1.807, 2.05) is 19.0 Å². The third-order valence-corrected chi connectivity index (χ3v) is 2.33. The van der Waals surface area contributed by atoms with Gasteiger partial charge in [-0.2, -0.15) is 0 Å². The Morgan fingerprint density at radius 2 is 2.22 bits per heavy atom. The molecule has 1 aromatic heterocycles. The lowest BCUT2D eigenvalue weighted by molar-refractivity contribution is 0.0457. The zero-order valence-electron chi connectivity index (χ0n) is 10.8. The van der Waals surface area contributed by atoms with E-state index in [0.29, 0.717) is 6.54 Å². The van der Waals surface area contributed by atoms with Gasteiger partial charge in [-0.3, -0.25) is 0 Å². The summed E-state index contributed by atoms with van der Waals surface area (Å²) in [6.45, 7) is 2.38. The molecule has 1 aromatic rings. The second-order valence-corrected chi connectivity index (χ2v) is 4.79. The van der Waals surface area contributed by atoms with Crippen molar-refractivity contribution in [1.82, 2.24) is 9.88 Å². The van der Waals surface area contributed by atoms with E-state index in [4.69, 9.17) is 5.11 Å². The van der Waals surface area contributed by atoms with Crippen molar-refractivity contribution in [3.05, 3.63) is 23.9 Å². The van der Waals surface area contributed by atoms with Crippen molar-refractivity contribution in [2.75, 3.05) is 32.5 Å².